The van der Waals surface area contributed by atoms with Gasteiger partial charge in [0.25, 0.3) is 0 Å². The van der Waals surface area contributed by atoms with Gasteiger partial charge in [0, 0.05) is 0 Å². The summed E-state index contributed by atoms with van der Waals surface area (Å²) in [6, 6.07) is 10.0. The lowest BCUT2D eigenvalue weighted by atomic mass is 9.78. The summed E-state index contributed by atoms with van der Waals surface area (Å²) in [5, 5.41) is 3.29. The first-order valence-electron chi connectivity index (χ1n) is 6.86. The van der Waals surface area contributed by atoms with E-state index in [0.29, 0.717) is 11.3 Å². The SMILES string of the molecule is CNCC(CCCOc1ccccc1)C(C)(C)C. The van der Waals surface area contributed by atoms with Crippen molar-refractivity contribution in [1.29, 1.82) is 0 Å². The van der Waals surface area contributed by atoms with Crippen LogP contribution in [-0.2, 0) is 0 Å². The quantitative estimate of drug-likeness (QED) is 0.744. The summed E-state index contributed by atoms with van der Waals surface area (Å²) in [5.41, 5.74) is 0.357. The second-order valence-corrected chi connectivity index (χ2v) is 5.92. The highest BCUT2D eigenvalue weighted by atomic mass is 16.5. The molecule has 0 aliphatic heterocycles. The second kappa shape index (κ2) is 7.42. The van der Waals surface area contributed by atoms with Crippen molar-refractivity contribution < 1.29 is 4.74 Å². The van der Waals surface area contributed by atoms with E-state index >= 15 is 0 Å². The highest BCUT2D eigenvalue weighted by molar-refractivity contribution is 5.20. The van der Waals surface area contributed by atoms with Crippen LogP contribution in [0.5, 0.6) is 5.75 Å². The Hall–Kier alpha value is -1.02. The third-order valence-corrected chi connectivity index (χ3v) is 3.38. The Balaban J connectivity index is 2.27. The van der Waals surface area contributed by atoms with Gasteiger partial charge in [-0.3, -0.25) is 0 Å². The topological polar surface area (TPSA) is 21.3 Å². The van der Waals surface area contributed by atoms with Crippen LogP contribution in [0.2, 0.25) is 0 Å². The van der Waals surface area contributed by atoms with Gasteiger partial charge in [0.15, 0.2) is 0 Å². The Bertz CT molecular complexity index is 316. The van der Waals surface area contributed by atoms with Crippen molar-refractivity contribution in [3.8, 4) is 5.75 Å². The summed E-state index contributed by atoms with van der Waals surface area (Å²) in [6.07, 6.45) is 2.32. The maximum absolute atomic E-state index is 5.73. The molecule has 1 rings (SSSR count). The lowest BCUT2D eigenvalue weighted by Crippen LogP contribution is -2.30. The van der Waals surface area contributed by atoms with Crippen molar-refractivity contribution in [2.45, 2.75) is 33.6 Å². The standard InChI is InChI=1S/C16H27NO/c1-16(2,3)14(13-17-4)9-8-12-18-15-10-6-5-7-11-15/h5-7,10-11,14,17H,8-9,12-13H2,1-4H3. The van der Waals surface area contributed by atoms with E-state index in [1.807, 2.05) is 37.4 Å². The van der Waals surface area contributed by atoms with Crippen LogP contribution in [0.1, 0.15) is 33.6 Å². The molecule has 1 aromatic rings. The normalized spacial score (nSPS) is 13.3. The molecular formula is C16H27NO. The molecule has 0 heterocycles. The summed E-state index contributed by atoms with van der Waals surface area (Å²) in [5.74, 6) is 1.67. The molecule has 0 aromatic heterocycles. The van der Waals surface area contributed by atoms with E-state index in [1.54, 1.807) is 0 Å². The molecule has 0 spiro atoms. The van der Waals surface area contributed by atoms with E-state index in [4.69, 9.17) is 4.74 Å². The Morgan fingerprint density at radius 2 is 1.83 bits per heavy atom. The lowest BCUT2D eigenvalue weighted by Gasteiger charge is -2.30. The summed E-state index contributed by atoms with van der Waals surface area (Å²) in [7, 11) is 2.03. The van der Waals surface area contributed by atoms with Gasteiger partial charge < -0.3 is 10.1 Å². The van der Waals surface area contributed by atoms with Crippen LogP contribution in [0.4, 0.5) is 0 Å². The molecule has 1 unspecified atom stereocenters. The van der Waals surface area contributed by atoms with E-state index in [9.17, 15) is 0 Å². The Morgan fingerprint density at radius 1 is 1.17 bits per heavy atom. The molecule has 2 nitrogen and oxygen atoms in total. The minimum absolute atomic E-state index is 0.357. The number of hydrogen-bond donors (Lipinski definition) is 1. The number of nitrogens with one attached hydrogen (secondary N) is 1. The zero-order chi connectivity index (χ0) is 13.4. The lowest BCUT2D eigenvalue weighted by molar-refractivity contribution is 0.201. The first-order valence-corrected chi connectivity index (χ1v) is 6.86. The molecule has 0 aliphatic rings. The molecule has 0 bridgehead atoms. The van der Waals surface area contributed by atoms with Crippen LogP contribution in [0, 0.1) is 11.3 Å². The van der Waals surface area contributed by atoms with Crippen LogP contribution in [-0.4, -0.2) is 20.2 Å². The third kappa shape index (κ3) is 5.54. The van der Waals surface area contributed by atoms with Crippen LogP contribution in [0.15, 0.2) is 30.3 Å². The zero-order valence-corrected chi connectivity index (χ0v) is 12.2. The molecule has 0 amide bonds. The van der Waals surface area contributed by atoms with Gasteiger partial charge in [0.1, 0.15) is 5.75 Å². The fourth-order valence-electron chi connectivity index (χ4n) is 2.12. The molecule has 0 radical (unpaired) electrons. The van der Waals surface area contributed by atoms with Gasteiger partial charge in [0.05, 0.1) is 6.61 Å². The Labute approximate surface area is 112 Å². The first kappa shape index (κ1) is 15.0. The maximum Gasteiger partial charge on any atom is 0.119 e. The van der Waals surface area contributed by atoms with E-state index in [2.05, 4.69) is 26.1 Å². The largest absolute Gasteiger partial charge is 0.494 e. The predicted octanol–water partition coefficient (Wildman–Crippen LogP) is 3.73. The molecule has 1 aromatic carbocycles. The summed E-state index contributed by atoms with van der Waals surface area (Å²) < 4.78 is 5.73. The highest BCUT2D eigenvalue weighted by Gasteiger charge is 2.23. The zero-order valence-electron chi connectivity index (χ0n) is 12.2. The van der Waals surface area contributed by atoms with Gasteiger partial charge in [-0.05, 0) is 49.9 Å². The number of rotatable bonds is 7. The number of para-hydroxylation sites is 1. The van der Waals surface area contributed by atoms with Crippen LogP contribution in [0.25, 0.3) is 0 Å². The van der Waals surface area contributed by atoms with Gasteiger partial charge >= 0.3 is 0 Å². The molecule has 18 heavy (non-hydrogen) atoms. The van der Waals surface area contributed by atoms with Gasteiger partial charge in [-0.2, -0.15) is 0 Å². The minimum atomic E-state index is 0.357. The van der Waals surface area contributed by atoms with Crippen molar-refractivity contribution in [1.82, 2.24) is 5.32 Å². The monoisotopic (exact) mass is 249 g/mol. The molecular weight excluding hydrogens is 222 g/mol. The summed E-state index contributed by atoms with van der Waals surface area (Å²) in [4.78, 5) is 0. The average molecular weight is 249 g/mol. The van der Waals surface area contributed by atoms with Crippen molar-refractivity contribution in [3.63, 3.8) is 0 Å². The molecule has 0 saturated heterocycles. The van der Waals surface area contributed by atoms with Gasteiger partial charge in [-0.1, -0.05) is 39.0 Å². The summed E-state index contributed by atoms with van der Waals surface area (Å²) in [6.45, 7) is 8.82. The number of hydrogen-bond acceptors (Lipinski definition) is 2. The van der Waals surface area contributed by atoms with E-state index in [1.165, 1.54) is 6.42 Å². The average Bonchev–Trinajstić information content (AvgIpc) is 2.33. The molecule has 1 N–H and O–H groups in total. The van der Waals surface area contributed by atoms with E-state index in [0.717, 1.165) is 25.3 Å². The molecule has 1 atom stereocenters. The van der Waals surface area contributed by atoms with Gasteiger partial charge in [0.2, 0.25) is 0 Å². The first-order chi connectivity index (χ1) is 8.54. The molecule has 0 aliphatic carbocycles. The van der Waals surface area contributed by atoms with E-state index in [-0.39, 0.29) is 0 Å². The van der Waals surface area contributed by atoms with Crippen LogP contribution < -0.4 is 10.1 Å². The van der Waals surface area contributed by atoms with Gasteiger partial charge in [-0.25, -0.2) is 0 Å². The van der Waals surface area contributed by atoms with Crippen molar-refractivity contribution in [2.24, 2.45) is 11.3 Å². The summed E-state index contributed by atoms with van der Waals surface area (Å²) >= 11 is 0. The van der Waals surface area contributed by atoms with Crippen molar-refractivity contribution in [3.05, 3.63) is 30.3 Å². The minimum Gasteiger partial charge on any atom is -0.494 e. The van der Waals surface area contributed by atoms with Crippen molar-refractivity contribution in [2.75, 3.05) is 20.2 Å². The van der Waals surface area contributed by atoms with Crippen LogP contribution >= 0.6 is 0 Å². The molecule has 102 valence electrons. The number of benzene rings is 1. The third-order valence-electron chi connectivity index (χ3n) is 3.38. The maximum atomic E-state index is 5.73. The molecule has 2 heteroatoms. The highest BCUT2D eigenvalue weighted by Crippen LogP contribution is 2.29. The predicted molar refractivity (Wildman–Crippen MR) is 78.0 cm³/mol. The Morgan fingerprint density at radius 3 is 2.39 bits per heavy atom. The fraction of sp³-hybridized carbons (Fsp3) is 0.625. The fourth-order valence-corrected chi connectivity index (χ4v) is 2.12. The van der Waals surface area contributed by atoms with Crippen molar-refractivity contribution >= 4 is 0 Å². The Kier molecular flexibility index (Phi) is 6.20. The van der Waals surface area contributed by atoms with Crippen LogP contribution in [0.3, 0.4) is 0 Å². The van der Waals surface area contributed by atoms with Gasteiger partial charge in [-0.15, -0.1) is 0 Å². The molecule has 0 saturated carbocycles. The smallest absolute Gasteiger partial charge is 0.119 e. The molecule has 0 fully saturated rings. The number of ether oxygens (including phenoxy) is 1. The second-order valence-electron chi connectivity index (χ2n) is 5.92. The van der Waals surface area contributed by atoms with E-state index < -0.39 is 0 Å².